The van der Waals surface area contributed by atoms with Gasteiger partial charge in [-0.15, -0.1) is 0 Å². The smallest absolute Gasteiger partial charge is 0.340 e. The molecule has 0 radical (unpaired) electrons. The van der Waals surface area contributed by atoms with Gasteiger partial charge >= 0.3 is 5.97 Å². The number of aromatic amines is 1. The highest BCUT2D eigenvalue weighted by atomic mass is 32.2. The number of para-hydroxylation sites is 1. The zero-order valence-corrected chi connectivity index (χ0v) is 14.0. The number of ether oxygens (including phenoxy) is 2. The summed E-state index contributed by atoms with van der Waals surface area (Å²) in [6.07, 6.45) is 1.61. The van der Waals surface area contributed by atoms with Crippen molar-refractivity contribution >= 4 is 26.9 Å². The second-order valence-electron chi connectivity index (χ2n) is 5.25. The molecule has 3 aromatic rings. The van der Waals surface area contributed by atoms with Crippen LogP contribution in [0.2, 0.25) is 0 Å². The SMILES string of the molecule is NS(=O)(=O)c1ccc(OCCOC(=O)c2c[nH]c3ccccc23)cc1. The van der Waals surface area contributed by atoms with Crippen molar-refractivity contribution in [3.05, 3.63) is 60.3 Å². The maximum Gasteiger partial charge on any atom is 0.340 e. The molecule has 0 atom stereocenters. The molecule has 25 heavy (non-hydrogen) atoms. The zero-order chi connectivity index (χ0) is 17.9. The predicted molar refractivity (Wildman–Crippen MR) is 91.9 cm³/mol. The Labute approximate surface area is 144 Å². The quantitative estimate of drug-likeness (QED) is 0.516. The van der Waals surface area contributed by atoms with E-state index in [4.69, 9.17) is 14.6 Å². The third-order valence-electron chi connectivity index (χ3n) is 3.55. The molecule has 3 N–H and O–H groups in total. The van der Waals surface area contributed by atoms with Gasteiger partial charge in [-0.1, -0.05) is 18.2 Å². The summed E-state index contributed by atoms with van der Waals surface area (Å²) in [6.45, 7) is 0.206. The van der Waals surface area contributed by atoms with Crippen LogP contribution in [0.4, 0.5) is 0 Å². The Balaban J connectivity index is 1.52. The number of carbonyl (C=O) groups is 1. The zero-order valence-electron chi connectivity index (χ0n) is 13.1. The lowest BCUT2D eigenvalue weighted by Crippen LogP contribution is -2.13. The van der Waals surface area contributed by atoms with E-state index in [9.17, 15) is 13.2 Å². The Morgan fingerprint density at radius 3 is 2.48 bits per heavy atom. The van der Waals surface area contributed by atoms with E-state index >= 15 is 0 Å². The lowest BCUT2D eigenvalue weighted by molar-refractivity contribution is 0.0452. The summed E-state index contributed by atoms with van der Waals surface area (Å²) < 4.78 is 32.9. The van der Waals surface area contributed by atoms with Crippen LogP contribution >= 0.6 is 0 Å². The predicted octanol–water partition coefficient (Wildman–Crippen LogP) is 2.05. The van der Waals surface area contributed by atoms with Crippen molar-refractivity contribution in [2.45, 2.75) is 4.90 Å². The molecule has 3 rings (SSSR count). The standard InChI is InChI=1S/C17H16N2O5S/c18-25(21,22)13-7-5-12(6-8-13)23-9-10-24-17(20)15-11-19-16-4-2-1-3-14(15)16/h1-8,11,19H,9-10H2,(H2,18,21,22). The summed E-state index contributed by atoms with van der Waals surface area (Å²) in [6, 6.07) is 13.1. The number of carbonyl (C=O) groups excluding carboxylic acids is 1. The Hall–Kier alpha value is -2.84. The molecule has 2 aromatic carbocycles. The minimum Gasteiger partial charge on any atom is -0.490 e. The van der Waals surface area contributed by atoms with Gasteiger partial charge in [0, 0.05) is 17.1 Å². The van der Waals surface area contributed by atoms with Crippen LogP contribution in [0.3, 0.4) is 0 Å². The van der Waals surface area contributed by atoms with Gasteiger partial charge in [0.1, 0.15) is 19.0 Å². The molecule has 0 aliphatic carbocycles. The molecule has 0 amide bonds. The molecule has 0 aliphatic heterocycles. The highest BCUT2D eigenvalue weighted by molar-refractivity contribution is 7.89. The molecule has 0 saturated heterocycles. The topological polar surface area (TPSA) is 111 Å². The van der Waals surface area contributed by atoms with Crippen LogP contribution in [0.5, 0.6) is 5.75 Å². The molecule has 0 unspecified atom stereocenters. The maximum atomic E-state index is 12.1. The van der Waals surface area contributed by atoms with Crippen LogP contribution in [0, 0.1) is 0 Å². The van der Waals surface area contributed by atoms with Gasteiger partial charge < -0.3 is 14.5 Å². The first-order valence-corrected chi connectivity index (χ1v) is 8.99. The van der Waals surface area contributed by atoms with Gasteiger partial charge in [0.2, 0.25) is 10.0 Å². The number of fused-ring (bicyclic) bond motifs is 1. The van der Waals surface area contributed by atoms with Gasteiger partial charge in [0.05, 0.1) is 10.5 Å². The van der Waals surface area contributed by atoms with Crippen LogP contribution in [-0.2, 0) is 14.8 Å². The van der Waals surface area contributed by atoms with E-state index < -0.39 is 16.0 Å². The Bertz CT molecular complexity index is 993. The van der Waals surface area contributed by atoms with Crippen molar-refractivity contribution < 1.29 is 22.7 Å². The molecular formula is C17H16N2O5S. The van der Waals surface area contributed by atoms with E-state index in [1.165, 1.54) is 24.3 Å². The van der Waals surface area contributed by atoms with Crippen LogP contribution in [0.1, 0.15) is 10.4 Å². The molecule has 0 aliphatic rings. The van der Waals surface area contributed by atoms with Gasteiger partial charge in [-0.25, -0.2) is 18.4 Å². The van der Waals surface area contributed by atoms with E-state index in [0.29, 0.717) is 11.3 Å². The minimum absolute atomic E-state index is 0.00520. The summed E-state index contributed by atoms with van der Waals surface area (Å²) in [4.78, 5) is 15.1. The Morgan fingerprint density at radius 1 is 1.04 bits per heavy atom. The number of aromatic nitrogens is 1. The fraction of sp³-hybridized carbons (Fsp3) is 0.118. The molecule has 1 aromatic heterocycles. The van der Waals surface area contributed by atoms with Gasteiger partial charge in [0.15, 0.2) is 0 Å². The van der Waals surface area contributed by atoms with E-state index in [-0.39, 0.29) is 18.1 Å². The van der Waals surface area contributed by atoms with Crippen LogP contribution in [0.15, 0.2) is 59.6 Å². The normalized spacial score (nSPS) is 11.4. The molecule has 7 nitrogen and oxygen atoms in total. The average molecular weight is 360 g/mol. The van der Waals surface area contributed by atoms with Crippen molar-refractivity contribution in [3.8, 4) is 5.75 Å². The van der Waals surface area contributed by atoms with Crippen molar-refractivity contribution in [1.82, 2.24) is 4.98 Å². The first kappa shape index (κ1) is 17.0. The molecule has 0 bridgehead atoms. The molecule has 130 valence electrons. The van der Waals surface area contributed by atoms with Gasteiger partial charge in [0.25, 0.3) is 0 Å². The van der Waals surface area contributed by atoms with E-state index in [0.717, 1.165) is 10.9 Å². The summed E-state index contributed by atoms with van der Waals surface area (Å²) in [5, 5.41) is 5.82. The second-order valence-corrected chi connectivity index (χ2v) is 6.81. The molecule has 8 heteroatoms. The lowest BCUT2D eigenvalue weighted by atomic mass is 10.2. The number of H-pyrrole nitrogens is 1. The first-order valence-electron chi connectivity index (χ1n) is 7.44. The van der Waals surface area contributed by atoms with Gasteiger partial charge in [-0.05, 0) is 30.3 Å². The second kappa shape index (κ2) is 6.96. The summed E-state index contributed by atoms with van der Waals surface area (Å²) in [5.74, 6) is 0.0150. The Kier molecular flexibility index (Phi) is 4.73. The number of esters is 1. The van der Waals surface area contributed by atoms with Crippen molar-refractivity contribution in [2.75, 3.05) is 13.2 Å². The summed E-state index contributed by atoms with van der Waals surface area (Å²) >= 11 is 0. The van der Waals surface area contributed by atoms with Gasteiger partial charge in [-0.3, -0.25) is 0 Å². The van der Waals surface area contributed by atoms with Crippen molar-refractivity contribution in [2.24, 2.45) is 5.14 Å². The monoisotopic (exact) mass is 360 g/mol. The fourth-order valence-electron chi connectivity index (χ4n) is 2.34. The molecular weight excluding hydrogens is 344 g/mol. The molecule has 0 saturated carbocycles. The molecule has 0 fully saturated rings. The number of primary sulfonamides is 1. The number of hydrogen-bond donors (Lipinski definition) is 2. The van der Waals surface area contributed by atoms with Gasteiger partial charge in [-0.2, -0.15) is 0 Å². The van der Waals surface area contributed by atoms with Crippen molar-refractivity contribution in [1.29, 1.82) is 0 Å². The van der Waals surface area contributed by atoms with Crippen LogP contribution in [-0.4, -0.2) is 32.6 Å². The Morgan fingerprint density at radius 2 is 1.76 bits per heavy atom. The number of hydrogen-bond acceptors (Lipinski definition) is 5. The third kappa shape index (κ3) is 3.98. The number of nitrogens with two attached hydrogens (primary N) is 1. The number of benzene rings is 2. The molecule has 0 spiro atoms. The highest BCUT2D eigenvalue weighted by Gasteiger charge is 2.13. The minimum atomic E-state index is -3.73. The lowest BCUT2D eigenvalue weighted by Gasteiger charge is -2.07. The van der Waals surface area contributed by atoms with Crippen LogP contribution in [0.25, 0.3) is 10.9 Å². The first-order chi connectivity index (χ1) is 11.9. The fourth-order valence-corrected chi connectivity index (χ4v) is 2.85. The average Bonchev–Trinajstić information content (AvgIpc) is 3.02. The van der Waals surface area contributed by atoms with E-state index in [1.54, 1.807) is 6.20 Å². The largest absolute Gasteiger partial charge is 0.490 e. The number of sulfonamides is 1. The maximum absolute atomic E-state index is 12.1. The highest BCUT2D eigenvalue weighted by Crippen LogP contribution is 2.18. The molecule has 1 heterocycles. The van der Waals surface area contributed by atoms with Crippen molar-refractivity contribution in [3.63, 3.8) is 0 Å². The third-order valence-corrected chi connectivity index (χ3v) is 4.48. The van der Waals surface area contributed by atoms with Crippen LogP contribution < -0.4 is 9.88 Å². The number of rotatable bonds is 6. The van der Waals surface area contributed by atoms with E-state index in [2.05, 4.69) is 4.98 Å². The summed E-state index contributed by atoms with van der Waals surface area (Å²) in [5.41, 5.74) is 1.33. The number of nitrogens with one attached hydrogen (secondary N) is 1. The van der Waals surface area contributed by atoms with E-state index in [1.807, 2.05) is 24.3 Å². The summed E-state index contributed by atoms with van der Waals surface area (Å²) in [7, 11) is -3.73.